The fourth-order valence-corrected chi connectivity index (χ4v) is 1.68. The Morgan fingerprint density at radius 3 is 2.41 bits per heavy atom. The zero-order chi connectivity index (χ0) is 13.6. The van der Waals surface area contributed by atoms with Gasteiger partial charge in [-0.2, -0.15) is 0 Å². The molecule has 0 spiro atoms. The highest BCUT2D eigenvalue weighted by molar-refractivity contribution is 6.35. The first-order valence-electron chi connectivity index (χ1n) is 5.07. The van der Waals surface area contributed by atoms with E-state index in [1.165, 1.54) is 12.1 Å². The number of carbonyl (C=O) groups is 1. The summed E-state index contributed by atoms with van der Waals surface area (Å²) in [6.45, 7) is 4.00. The Labute approximate surface area is 110 Å². The van der Waals surface area contributed by atoms with Gasteiger partial charge in [-0.3, -0.25) is 4.79 Å². The molecule has 1 unspecified atom stereocenters. The van der Waals surface area contributed by atoms with E-state index in [1.54, 1.807) is 0 Å². The van der Waals surface area contributed by atoms with Gasteiger partial charge in [-0.15, -0.1) is 0 Å². The van der Waals surface area contributed by atoms with Crippen molar-refractivity contribution in [2.75, 3.05) is 0 Å². The summed E-state index contributed by atoms with van der Waals surface area (Å²) in [7, 11) is 0. The van der Waals surface area contributed by atoms with Gasteiger partial charge in [-0.1, -0.05) is 37.0 Å². The van der Waals surface area contributed by atoms with Gasteiger partial charge >= 0.3 is 5.97 Å². The van der Waals surface area contributed by atoms with Gasteiger partial charge in [0.25, 0.3) is 0 Å². The van der Waals surface area contributed by atoms with Gasteiger partial charge in [-0.05, 0) is 12.1 Å². The van der Waals surface area contributed by atoms with Crippen LogP contribution in [0.5, 0.6) is 5.75 Å². The lowest BCUT2D eigenvalue weighted by Crippen LogP contribution is -2.15. The fraction of sp³-hybridized carbons (Fsp3) is 0.364. The molecule has 0 bridgehead atoms. The molecular weight excluding hydrogens is 265 g/mol. The highest BCUT2D eigenvalue weighted by Gasteiger charge is 2.17. The average Bonchev–Trinajstić information content (AvgIpc) is 2.25. The van der Waals surface area contributed by atoms with Crippen LogP contribution in [0.2, 0.25) is 10.0 Å². The first-order chi connectivity index (χ1) is 7.91. The van der Waals surface area contributed by atoms with E-state index < -0.39 is 12.0 Å². The predicted molar refractivity (Wildman–Crippen MR) is 68.7 cm³/mol. The molecule has 4 nitrogen and oxygen atoms in total. The fourth-order valence-electron chi connectivity index (χ4n) is 1.17. The van der Waals surface area contributed by atoms with Crippen LogP contribution < -0.4 is 5.73 Å². The molecule has 1 aromatic rings. The molecule has 0 saturated heterocycles. The Balaban J connectivity index is 0.00000121. The van der Waals surface area contributed by atoms with Crippen molar-refractivity contribution >= 4 is 29.2 Å². The highest BCUT2D eigenvalue weighted by Crippen LogP contribution is 2.34. The minimum atomic E-state index is -1.06. The molecule has 0 amide bonds. The maximum atomic E-state index is 10.4. The van der Waals surface area contributed by atoms with Gasteiger partial charge in [0.15, 0.2) is 0 Å². The van der Waals surface area contributed by atoms with Crippen molar-refractivity contribution < 1.29 is 15.0 Å². The quantitative estimate of drug-likeness (QED) is 0.793. The van der Waals surface area contributed by atoms with Gasteiger partial charge in [-0.25, -0.2) is 0 Å². The third kappa shape index (κ3) is 4.81. The molecule has 4 N–H and O–H groups in total. The summed E-state index contributed by atoms with van der Waals surface area (Å²) in [5, 5.41) is 18.4. The number of aliphatic carboxylic acids is 1. The number of halogens is 2. The number of hydrogen-bond donors (Lipinski definition) is 3. The molecule has 1 aromatic carbocycles. The Morgan fingerprint density at radius 2 is 1.94 bits per heavy atom. The van der Waals surface area contributed by atoms with Crippen molar-refractivity contribution in [3.05, 3.63) is 27.7 Å². The van der Waals surface area contributed by atoms with E-state index in [1.807, 2.05) is 13.8 Å². The monoisotopic (exact) mass is 279 g/mol. The molecular formula is C11H15Cl2NO3. The molecule has 1 atom stereocenters. The van der Waals surface area contributed by atoms with Gasteiger partial charge in [0.2, 0.25) is 0 Å². The van der Waals surface area contributed by atoms with E-state index in [2.05, 4.69) is 0 Å². The molecule has 0 saturated carbocycles. The zero-order valence-corrected chi connectivity index (χ0v) is 11.1. The Bertz CT molecular complexity index is 397. The van der Waals surface area contributed by atoms with Gasteiger partial charge in [0.1, 0.15) is 5.75 Å². The van der Waals surface area contributed by atoms with Crippen molar-refractivity contribution in [3.63, 3.8) is 0 Å². The number of carboxylic acids is 1. The van der Waals surface area contributed by atoms with Crippen molar-refractivity contribution in [3.8, 4) is 5.75 Å². The van der Waals surface area contributed by atoms with E-state index in [0.717, 1.165) is 0 Å². The molecule has 17 heavy (non-hydrogen) atoms. The van der Waals surface area contributed by atoms with E-state index in [0.29, 0.717) is 5.02 Å². The number of benzene rings is 1. The maximum absolute atomic E-state index is 10.4. The smallest absolute Gasteiger partial charge is 0.305 e. The third-order valence-corrected chi connectivity index (χ3v) is 2.36. The average molecular weight is 280 g/mol. The van der Waals surface area contributed by atoms with Crippen molar-refractivity contribution in [2.24, 2.45) is 5.73 Å². The zero-order valence-electron chi connectivity index (χ0n) is 9.58. The van der Waals surface area contributed by atoms with Crippen LogP contribution >= 0.6 is 23.2 Å². The Morgan fingerprint density at radius 1 is 1.41 bits per heavy atom. The van der Waals surface area contributed by atoms with Crippen molar-refractivity contribution in [1.29, 1.82) is 0 Å². The maximum Gasteiger partial charge on any atom is 0.305 e. The third-order valence-electron chi connectivity index (χ3n) is 1.85. The first kappa shape index (κ1) is 16.0. The summed E-state index contributed by atoms with van der Waals surface area (Å²) in [6.07, 6.45) is -0.301. The topological polar surface area (TPSA) is 83.6 Å². The molecule has 0 heterocycles. The van der Waals surface area contributed by atoms with Gasteiger partial charge in [0.05, 0.1) is 11.4 Å². The summed E-state index contributed by atoms with van der Waals surface area (Å²) in [5.41, 5.74) is 5.81. The number of phenolic OH excluding ortho intramolecular Hbond substituents is 1. The number of rotatable bonds is 3. The number of carboxylic acid groups (broad SMARTS) is 1. The number of phenols is 1. The molecule has 0 aliphatic carbocycles. The van der Waals surface area contributed by atoms with Gasteiger partial charge in [0, 0.05) is 16.6 Å². The van der Waals surface area contributed by atoms with Crippen molar-refractivity contribution in [1.82, 2.24) is 0 Å². The van der Waals surface area contributed by atoms with E-state index in [4.69, 9.17) is 34.0 Å². The Hall–Kier alpha value is -0.970. The minimum Gasteiger partial charge on any atom is -0.506 e. The molecule has 1 rings (SSSR count). The molecule has 0 radical (unpaired) electrons. The van der Waals surface area contributed by atoms with E-state index in [9.17, 15) is 9.90 Å². The lowest BCUT2D eigenvalue weighted by atomic mass is 10.0. The van der Waals surface area contributed by atoms with E-state index >= 15 is 0 Å². The van der Waals surface area contributed by atoms with Crippen LogP contribution in [0.25, 0.3) is 0 Å². The van der Waals surface area contributed by atoms with Crippen LogP contribution in [-0.2, 0) is 4.79 Å². The largest absolute Gasteiger partial charge is 0.506 e. The molecule has 6 heteroatoms. The molecule has 96 valence electrons. The lowest BCUT2D eigenvalue weighted by molar-refractivity contribution is -0.137. The van der Waals surface area contributed by atoms with Crippen LogP contribution in [0.1, 0.15) is 31.9 Å². The predicted octanol–water partition coefficient (Wildman–Crippen LogP) is 3.20. The number of aromatic hydroxyl groups is 1. The highest BCUT2D eigenvalue weighted by atomic mass is 35.5. The summed E-state index contributed by atoms with van der Waals surface area (Å²) in [4.78, 5) is 10.4. The van der Waals surface area contributed by atoms with Crippen LogP contribution in [0, 0.1) is 0 Å². The molecule has 0 aromatic heterocycles. The van der Waals surface area contributed by atoms with Crippen LogP contribution in [0.4, 0.5) is 0 Å². The minimum absolute atomic E-state index is 0.0540. The SMILES string of the molecule is CC.NC(CC(=O)O)c1cc(Cl)cc(Cl)c1O. The lowest BCUT2D eigenvalue weighted by Gasteiger charge is -2.12. The summed E-state index contributed by atoms with van der Waals surface area (Å²) in [6, 6.07) is 1.92. The molecule has 0 fully saturated rings. The van der Waals surface area contributed by atoms with Crippen LogP contribution in [0.15, 0.2) is 12.1 Å². The first-order valence-corrected chi connectivity index (χ1v) is 5.82. The summed E-state index contributed by atoms with van der Waals surface area (Å²) < 4.78 is 0. The summed E-state index contributed by atoms with van der Waals surface area (Å²) in [5.74, 6) is -1.28. The van der Waals surface area contributed by atoms with E-state index in [-0.39, 0.29) is 22.8 Å². The number of nitrogens with two attached hydrogens (primary N) is 1. The second-order valence-corrected chi connectivity index (χ2v) is 3.87. The normalized spacial score (nSPS) is 11.4. The second kappa shape index (κ2) is 7.37. The summed E-state index contributed by atoms with van der Waals surface area (Å²) >= 11 is 11.4. The van der Waals surface area contributed by atoms with Crippen LogP contribution in [-0.4, -0.2) is 16.2 Å². The van der Waals surface area contributed by atoms with Gasteiger partial charge < -0.3 is 15.9 Å². The standard InChI is InChI=1S/C9H9Cl2NO3.C2H6/c10-4-1-5(7(12)3-8(13)14)9(15)6(11)2-4;1-2/h1-2,7,15H,3,12H2,(H,13,14);1-2H3. The van der Waals surface area contributed by atoms with Crippen LogP contribution in [0.3, 0.4) is 0 Å². The van der Waals surface area contributed by atoms with Crippen molar-refractivity contribution in [2.45, 2.75) is 26.3 Å². The molecule has 0 aliphatic heterocycles. The number of hydrogen-bond acceptors (Lipinski definition) is 3. The second-order valence-electron chi connectivity index (χ2n) is 3.03. The molecule has 0 aliphatic rings. The Kier molecular flexibility index (Phi) is 6.95.